The Morgan fingerprint density at radius 1 is 1.08 bits per heavy atom. The van der Waals surface area contributed by atoms with Gasteiger partial charge in [0.1, 0.15) is 11.9 Å². The van der Waals surface area contributed by atoms with Crippen LogP contribution in [0, 0.1) is 12.7 Å². The van der Waals surface area contributed by atoms with Gasteiger partial charge in [-0.25, -0.2) is 4.39 Å². The van der Waals surface area contributed by atoms with Gasteiger partial charge in [-0.05, 0) is 85.4 Å². The number of aryl methyl sites for hydroxylation is 1. The summed E-state index contributed by atoms with van der Waals surface area (Å²) in [6, 6.07) is 21.7. The predicted molar refractivity (Wildman–Crippen MR) is 144 cm³/mol. The van der Waals surface area contributed by atoms with Crippen LogP contribution in [-0.4, -0.2) is 20.6 Å². The molecular formula is C28H26FN5OS. The SMILES string of the molecule is CCC(=O)Nc1ccc(N2C(=S)N[C@H](c3ccccn3)[C@@H]2c2cccn2-c2cccc(F)c2)cc1C. The molecule has 182 valence electrons. The minimum atomic E-state index is -0.300. The van der Waals surface area contributed by atoms with E-state index in [4.69, 9.17) is 12.2 Å². The normalized spacial score (nSPS) is 17.2. The number of rotatable bonds is 6. The van der Waals surface area contributed by atoms with Crippen molar-refractivity contribution in [2.24, 2.45) is 0 Å². The average Bonchev–Trinajstić information content (AvgIpc) is 3.50. The summed E-state index contributed by atoms with van der Waals surface area (Å²) >= 11 is 5.84. The second-order valence-corrected chi connectivity index (χ2v) is 9.07. The molecule has 2 N–H and O–H groups in total. The number of halogens is 1. The molecule has 8 heteroatoms. The van der Waals surface area contributed by atoms with Gasteiger partial charge in [-0.15, -0.1) is 0 Å². The third kappa shape index (κ3) is 4.47. The van der Waals surface area contributed by atoms with Crippen LogP contribution in [0.25, 0.3) is 5.69 Å². The lowest BCUT2D eigenvalue weighted by atomic mass is 10.00. The lowest BCUT2D eigenvalue weighted by molar-refractivity contribution is -0.115. The van der Waals surface area contributed by atoms with E-state index in [2.05, 4.69) is 20.5 Å². The summed E-state index contributed by atoms with van der Waals surface area (Å²) in [5.41, 5.74) is 5.09. The summed E-state index contributed by atoms with van der Waals surface area (Å²) in [4.78, 5) is 18.6. The number of carbonyl (C=O) groups is 1. The quantitative estimate of drug-likeness (QED) is 0.326. The number of benzene rings is 2. The van der Waals surface area contributed by atoms with Crippen molar-refractivity contribution in [3.8, 4) is 5.69 Å². The second-order valence-electron chi connectivity index (χ2n) is 8.68. The van der Waals surface area contributed by atoms with Crippen molar-refractivity contribution < 1.29 is 9.18 Å². The first kappa shape index (κ1) is 23.7. The average molecular weight is 500 g/mol. The van der Waals surface area contributed by atoms with Crippen LogP contribution in [0.2, 0.25) is 0 Å². The van der Waals surface area contributed by atoms with Gasteiger partial charge in [0.2, 0.25) is 5.91 Å². The van der Waals surface area contributed by atoms with Crippen LogP contribution >= 0.6 is 12.2 Å². The first-order chi connectivity index (χ1) is 17.5. The largest absolute Gasteiger partial charge is 0.351 e. The number of hydrogen-bond donors (Lipinski definition) is 2. The first-order valence-electron chi connectivity index (χ1n) is 11.8. The summed E-state index contributed by atoms with van der Waals surface area (Å²) in [5, 5.41) is 6.97. The molecule has 2 atom stereocenters. The van der Waals surface area contributed by atoms with E-state index in [0.29, 0.717) is 11.5 Å². The fourth-order valence-corrected chi connectivity index (χ4v) is 4.95. The van der Waals surface area contributed by atoms with Crippen molar-refractivity contribution in [2.45, 2.75) is 32.4 Å². The molecular weight excluding hydrogens is 473 g/mol. The molecule has 1 fully saturated rings. The minimum Gasteiger partial charge on any atom is -0.351 e. The molecule has 5 rings (SSSR count). The Kier molecular flexibility index (Phi) is 6.52. The predicted octanol–water partition coefficient (Wildman–Crippen LogP) is 5.85. The summed E-state index contributed by atoms with van der Waals surface area (Å²) in [6.45, 7) is 3.78. The molecule has 1 amide bonds. The van der Waals surface area contributed by atoms with Gasteiger partial charge in [0.25, 0.3) is 0 Å². The van der Waals surface area contributed by atoms with E-state index in [1.165, 1.54) is 12.1 Å². The second kappa shape index (κ2) is 9.91. The lowest BCUT2D eigenvalue weighted by Gasteiger charge is -2.29. The maximum atomic E-state index is 14.1. The zero-order chi connectivity index (χ0) is 25.2. The van der Waals surface area contributed by atoms with E-state index in [1.807, 2.05) is 79.2 Å². The van der Waals surface area contributed by atoms with Crippen LogP contribution < -0.4 is 15.5 Å². The zero-order valence-electron chi connectivity index (χ0n) is 20.0. The Morgan fingerprint density at radius 3 is 2.67 bits per heavy atom. The van der Waals surface area contributed by atoms with Crippen molar-refractivity contribution in [1.82, 2.24) is 14.9 Å². The standard InChI is InChI=1S/C28H26FN5OS/c1-3-25(35)31-22-13-12-21(16-18(22)2)34-27(26(32-28(34)36)23-10-4-5-14-30-23)24-11-7-15-33(24)20-9-6-8-19(29)17-20/h4-17,26-27H,3H2,1-2H3,(H,31,35)(H,32,36)/t26-,27+/m1/s1. The third-order valence-electron chi connectivity index (χ3n) is 6.35. The number of nitrogens with one attached hydrogen (secondary N) is 2. The van der Waals surface area contributed by atoms with E-state index in [0.717, 1.165) is 34.0 Å². The molecule has 2 aromatic heterocycles. The molecule has 1 aliphatic rings. The smallest absolute Gasteiger partial charge is 0.224 e. The molecule has 0 radical (unpaired) electrons. The highest BCUT2D eigenvalue weighted by Gasteiger charge is 2.42. The minimum absolute atomic E-state index is 0.0368. The summed E-state index contributed by atoms with van der Waals surface area (Å²) in [5.74, 6) is -0.337. The fraction of sp³-hybridized carbons (Fsp3) is 0.179. The van der Waals surface area contributed by atoms with Gasteiger partial charge < -0.3 is 20.1 Å². The van der Waals surface area contributed by atoms with E-state index in [9.17, 15) is 9.18 Å². The van der Waals surface area contributed by atoms with Crippen LogP contribution in [0.5, 0.6) is 0 Å². The lowest BCUT2D eigenvalue weighted by Crippen LogP contribution is -2.30. The van der Waals surface area contributed by atoms with Crippen molar-refractivity contribution in [1.29, 1.82) is 0 Å². The van der Waals surface area contributed by atoms with Crippen LogP contribution in [0.15, 0.2) is 85.2 Å². The van der Waals surface area contributed by atoms with Gasteiger partial charge in [0, 0.05) is 41.6 Å². The highest BCUT2D eigenvalue weighted by atomic mass is 32.1. The van der Waals surface area contributed by atoms with Crippen molar-refractivity contribution in [2.75, 3.05) is 10.2 Å². The van der Waals surface area contributed by atoms with Crippen molar-refractivity contribution >= 4 is 34.6 Å². The van der Waals surface area contributed by atoms with Gasteiger partial charge in [-0.3, -0.25) is 9.78 Å². The van der Waals surface area contributed by atoms with E-state index in [-0.39, 0.29) is 23.8 Å². The number of amides is 1. The molecule has 0 aliphatic carbocycles. The van der Waals surface area contributed by atoms with E-state index < -0.39 is 0 Å². The van der Waals surface area contributed by atoms with Crippen LogP contribution in [0.1, 0.15) is 42.4 Å². The molecule has 2 aromatic carbocycles. The molecule has 0 unspecified atom stereocenters. The monoisotopic (exact) mass is 499 g/mol. The van der Waals surface area contributed by atoms with Gasteiger partial charge in [-0.1, -0.05) is 19.1 Å². The number of carbonyl (C=O) groups excluding carboxylic acids is 1. The number of nitrogens with zero attached hydrogens (tertiary/aromatic N) is 3. The number of thiocarbonyl (C=S) groups is 1. The molecule has 1 saturated heterocycles. The van der Waals surface area contributed by atoms with Gasteiger partial charge >= 0.3 is 0 Å². The molecule has 4 aromatic rings. The molecule has 1 aliphatic heterocycles. The van der Waals surface area contributed by atoms with Crippen molar-refractivity contribution in [3.63, 3.8) is 0 Å². The van der Waals surface area contributed by atoms with Crippen LogP contribution in [0.4, 0.5) is 15.8 Å². The van der Waals surface area contributed by atoms with Crippen molar-refractivity contribution in [3.05, 3.63) is 108 Å². The van der Waals surface area contributed by atoms with Crippen LogP contribution in [-0.2, 0) is 4.79 Å². The maximum absolute atomic E-state index is 14.1. The highest BCUT2D eigenvalue weighted by molar-refractivity contribution is 7.80. The Labute approximate surface area is 214 Å². The molecule has 0 saturated carbocycles. The van der Waals surface area contributed by atoms with E-state index >= 15 is 0 Å². The molecule has 0 spiro atoms. The Bertz CT molecular complexity index is 1420. The van der Waals surface area contributed by atoms with Gasteiger partial charge in [-0.2, -0.15) is 0 Å². The number of hydrogen-bond acceptors (Lipinski definition) is 3. The molecule has 6 nitrogen and oxygen atoms in total. The number of pyridine rings is 1. The van der Waals surface area contributed by atoms with E-state index in [1.54, 1.807) is 12.3 Å². The maximum Gasteiger partial charge on any atom is 0.224 e. The Morgan fingerprint density at radius 2 is 1.94 bits per heavy atom. The molecule has 36 heavy (non-hydrogen) atoms. The topological polar surface area (TPSA) is 62.2 Å². The molecule has 0 bridgehead atoms. The van der Waals surface area contributed by atoms with Gasteiger partial charge in [0.15, 0.2) is 5.11 Å². The highest BCUT2D eigenvalue weighted by Crippen LogP contribution is 2.42. The summed E-state index contributed by atoms with van der Waals surface area (Å²) in [6.07, 6.45) is 4.10. The molecule has 3 heterocycles. The summed E-state index contributed by atoms with van der Waals surface area (Å²) < 4.78 is 16.1. The fourth-order valence-electron chi connectivity index (χ4n) is 4.61. The first-order valence-corrected chi connectivity index (χ1v) is 12.2. The van der Waals surface area contributed by atoms with Crippen LogP contribution in [0.3, 0.4) is 0 Å². The summed E-state index contributed by atoms with van der Waals surface area (Å²) in [7, 11) is 0. The zero-order valence-corrected chi connectivity index (χ0v) is 20.8. The Hall–Kier alpha value is -4.04. The third-order valence-corrected chi connectivity index (χ3v) is 6.67. The number of aromatic nitrogens is 2. The van der Waals surface area contributed by atoms with Gasteiger partial charge in [0.05, 0.1) is 11.7 Å². The Balaban J connectivity index is 1.62. The number of anilines is 2.